The third-order valence-corrected chi connectivity index (χ3v) is 5.76. The zero-order chi connectivity index (χ0) is 19.1. The summed E-state index contributed by atoms with van der Waals surface area (Å²) in [6.07, 6.45) is 1.03. The molecular weight excluding hydrogens is 378 g/mol. The zero-order valence-corrected chi connectivity index (χ0v) is 16.2. The number of rotatable bonds is 3. The van der Waals surface area contributed by atoms with E-state index in [2.05, 4.69) is 29.2 Å². The third-order valence-electron chi connectivity index (χ3n) is 5.50. The molecule has 5 rings (SSSR count). The molecule has 0 amide bonds. The maximum Gasteiger partial charge on any atom is 0.231 e. The lowest BCUT2D eigenvalue weighted by atomic mass is 9.80. The number of fused-ring (bicyclic) bond motifs is 1. The molecule has 1 saturated heterocycles. The Bertz CT molecular complexity index is 989. The van der Waals surface area contributed by atoms with E-state index in [-0.39, 0.29) is 12.7 Å². The van der Waals surface area contributed by atoms with Crippen LogP contribution in [0, 0.1) is 0 Å². The van der Waals surface area contributed by atoms with Crippen LogP contribution in [0.5, 0.6) is 11.5 Å². The maximum absolute atomic E-state index is 6.07. The number of aromatic nitrogens is 2. The molecule has 6 nitrogen and oxygen atoms in total. The Hall–Kier alpha value is -2.57. The minimum atomic E-state index is 0.134. The Morgan fingerprint density at radius 2 is 1.86 bits per heavy atom. The van der Waals surface area contributed by atoms with Gasteiger partial charge in [0.15, 0.2) is 11.5 Å². The first-order chi connectivity index (χ1) is 13.7. The fourth-order valence-corrected chi connectivity index (χ4v) is 4.14. The van der Waals surface area contributed by atoms with Crippen LogP contribution in [-0.4, -0.2) is 42.0 Å². The number of hydrogen-bond donors (Lipinski definition) is 0. The minimum Gasteiger partial charge on any atom is -0.454 e. The van der Waals surface area contributed by atoms with Crippen molar-refractivity contribution in [1.82, 2.24) is 15.0 Å². The van der Waals surface area contributed by atoms with Gasteiger partial charge in [0.25, 0.3) is 0 Å². The molecule has 2 aliphatic heterocycles. The lowest BCUT2D eigenvalue weighted by molar-refractivity contribution is 0.174. The number of likely N-dealkylation sites (N-methyl/N-ethyl adjacent to an activating group) is 1. The predicted octanol–water partition coefficient (Wildman–Crippen LogP) is 4.32. The van der Waals surface area contributed by atoms with Gasteiger partial charge in [-0.25, -0.2) is 0 Å². The molecule has 0 bridgehead atoms. The molecule has 0 saturated carbocycles. The Morgan fingerprint density at radius 3 is 2.71 bits per heavy atom. The van der Waals surface area contributed by atoms with Crippen molar-refractivity contribution in [2.75, 3.05) is 26.9 Å². The Balaban J connectivity index is 1.46. The van der Waals surface area contributed by atoms with E-state index in [0.29, 0.717) is 23.4 Å². The fourth-order valence-electron chi connectivity index (χ4n) is 4.01. The second-order valence-electron chi connectivity index (χ2n) is 7.34. The normalized spacial score (nSPS) is 21.8. The van der Waals surface area contributed by atoms with Crippen molar-refractivity contribution in [3.63, 3.8) is 0 Å². The van der Waals surface area contributed by atoms with E-state index >= 15 is 0 Å². The monoisotopic (exact) mass is 397 g/mol. The van der Waals surface area contributed by atoms with Crippen LogP contribution in [0.3, 0.4) is 0 Å². The van der Waals surface area contributed by atoms with E-state index in [1.54, 1.807) is 0 Å². The van der Waals surface area contributed by atoms with Crippen LogP contribution in [0.15, 0.2) is 47.0 Å². The van der Waals surface area contributed by atoms with Crippen LogP contribution in [0.2, 0.25) is 5.02 Å². The number of benzene rings is 2. The maximum atomic E-state index is 6.07. The van der Waals surface area contributed by atoms with Crippen molar-refractivity contribution >= 4 is 11.6 Å². The van der Waals surface area contributed by atoms with E-state index in [1.165, 1.54) is 5.56 Å². The highest BCUT2D eigenvalue weighted by Gasteiger charge is 2.34. The molecule has 2 unspecified atom stereocenters. The molecule has 3 aromatic rings. The lowest BCUT2D eigenvalue weighted by Gasteiger charge is -2.35. The lowest BCUT2D eigenvalue weighted by Crippen LogP contribution is -2.35. The zero-order valence-electron chi connectivity index (χ0n) is 15.5. The van der Waals surface area contributed by atoms with Gasteiger partial charge >= 0.3 is 0 Å². The molecule has 0 radical (unpaired) electrons. The number of likely N-dealkylation sites (tertiary alicyclic amines) is 1. The molecule has 7 heteroatoms. The summed E-state index contributed by atoms with van der Waals surface area (Å²) in [7, 11) is 2.13. The number of halogens is 1. The second kappa shape index (κ2) is 7.11. The molecule has 0 aliphatic carbocycles. The quantitative estimate of drug-likeness (QED) is 0.655. The number of nitrogens with zero attached hydrogens (tertiary/aromatic N) is 3. The van der Waals surface area contributed by atoms with E-state index < -0.39 is 0 Å². The van der Waals surface area contributed by atoms with Crippen LogP contribution < -0.4 is 9.47 Å². The third kappa shape index (κ3) is 3.23. The Labute approximate surface area is 168 Å². The number of ether oxygens (including phenoxy) is 2. The van der Waals surface area contributed by atoms with E-state index in [0.717, 1.165) is 35.8 Å². The number of hydrogen-bond acceptors (Lipinski definition) is 6. The summed E-state index contributed by atoms with van der Waals surface area (Å²) in [5.74, 6) is 3.13. The topological polar surface area (TPSA) is 60.6 Å². The van der Waals surface area contributed by atoms with Gasteiger partial charge in [-0.1, -0.05) is 28.9 Å². The molecule has 1 fully saturated rings. The molecule has 0 spiro atoms. The summed E-state index contributed by atoms with van der Waals surface area (Å²) in [5, 5.41) is 4.98. The fraction of sp³-hybridized carbons (Fsp3) is 0.333. The largest absolute Gasteiger partial charge is 0.454 e. The van der Waals surface area contributed by atoms with Gasteiger partial charge in [-0.3, -0.25) is 0 Å². The van der Waals surface area contributed by atoms with Crippen LogP contribution in [0.1, 0.15) is 29.7 Å². The summed E-state index contributed by atoms with van der Waals surface area (Å²) in [6.45, 7) is 2.15. The molecule has 2 aliphatic rings. The van der Waals surface area contributed by atoms with Crippen molar-refractivity contribution in [2.45, 2.75) is 18.3 Å². The average Bonchev–Trinajstić information content (AvgIpc) is 3.37. The van der Waals surface area contributed by atoms with E-state index in [4.69, 9.17) is 30.6 Å². The highest BCUT2D eigenvalue weighted by atomic mass is 35.5. The minimum absolute atomic E-state index is 0.134. The molecule has 3 heterocycles. The van der Waals surface area contributed by atoms with Gasteiger partial charge in [0, 0.05) is 17.1 Å². The summed E-state index contributed by atoms with van der Waals surface area (Å²) in [5.41, 5.74) is 2.11. The van der Waals surface area contributed by atoms with Crippen molar-refractivity contribution in [1.29, 1.82) is 0 Å². The molecule has 2 aromatic carbocycles. The highest BCUT2D eigenvalue weighted by Crippen LogP contribution is 2.40. The number of piperidine rings is 1. The average molecular weight is 398 g/mol. The van der Waals surface area contributed by atoms with Crippen LogP contribution in [0.25, 0.3) is 11.4 Å². The van der Waals surface area contributed by atoms with Gasteiger partial charge in [0.1, 0.15) is 0 Å². The molecule has 0 N–H and O–H groups in total. The van der Waals surface area contributed by atoms with Crippen LogP contribution in [0.4, 0.5) is 0 Å². The predicted molar refractivity (Wildman–Crippen MR) is 105 cm³/mol. The molecule has 28 heavy (non-hydrogen) atoms. The van der Waals surface area contributed by atoms with Gasteiger partial charge in [-0.2, -0.15) is 4.98 Å². The van der Waals surface area contributed by atoms with Gasteiger partial charge in [-0.05, 0) is 61.8 Å². The molecule has 144 valence electrons. The summed E-state index contributed by atoms with van der Waals surface area (Å²) >= 11 is 6.07. The smallest absolute Gasteiger partial charge is 0.231 e. The van der Waals surface area contributed by atoms with Crippen molar-refractivity contribution in [3.05, 3.63) is 58.9 Å². The first-order valence-electron chi connectivity index (χ1n) is 9.35. The van der Waals surface area contributed by atoms with Gasteiger partial charge in [0.05, 0.1) is 5.92 Å². The summed E-state index contributed by atoms with van der Waals surface area (Å²) in [6, 6.07) is 13.8. The van der Waals surface area contributed by atoms with Gasteiger partial charge in [-0.15, -0.1) is 0 Å². The standard InChI is InChI=1S/C21H20ClN3O3/c1-25-9-8-16(13-2-5-15(22)6-3-13)17(11-25)21-23-20(24-28-21)14-4-7-18-19(10-14)27-12-26-18/h2-7,10,16-17H,8-9,11-12H2,1H3. The van der Waals surface area contributed by atoms with Crippen molar-refractivity contribution in [2.24, 2.45) is 0 Å². The first-order valence-corrected chi connectivity index (χ1v) is 9.73. The van der Waals surface area contributed by atoms with E-state index in [1.807, 2.05) is 30.3 Å². The molecule has 1 aromatic heterocycles. The Morgan fingerprint density at radius 1 is 1.04 bits per heavy atom. The molecule has 2 atom stereocenters. The first kappa shape index (κ1) is 17.5. The van der Waals surface area contributed by atoms with Crippen LogP contribution in [-0.2, 0) is 0 Å². The molecular formula is C21H20ClN3O3. The summed E-state index contributed by atoms with van der Waals surface area (Å²) in [4.78, 5) is 7.04. The van der Waals surface area contributed by atoms with Crippen molar-refractivity contribution < 1.29 is 14.0 Å². The van der Waals surface area contributed by atoms with Crippen LogP contribution >= 0.6 is 11.6 Å². The second-order valence-corrected chi connectivity index (χ2v) is 7.78. The van der Waals surface area contributed by atoms with E-state index in [9.17, 15) is 0 Å². The van der Waals surface area contributed by atoms with Crippen molar-refractivity contribution in [3.8, 4) is 22.9 Å². The summed E-state index contributed by atoms with van der Waals surface area (Å²) < 4.78 is 16.5. The van der Waals surface area contributed by atoms with Gasteiger partial charge in [0.2, 0.25) is 18.5 Å². The Kier molecular flexibility index (Phi) is 4.45. The highest BCUT2D eigenvalue weighted by molar-refractivity contribution is 6.30. The SMILES string of the molecule is CN1CCC(c2ccc(Cl)cc2)C(c2nc(-c3ccc4c(c3)OCO4)no2)C1. The van der Waals surface area contributed by atoms with Gasteiger partial charge < -0.3 is 18.9 Å².